The average molecular weight is 312 g/mol. The first-order valence-electron chi connectivity index (χ1n) is 6.19. The highest BCUT2D eigenvalue weighted by Crippen LogP contribution is 2.50. The minimum Gasteiger partial charge on any atom is -0.497 e. The second kappa shape index (κ2) is 6.27. The van der Waals surface area contributed by atoms with E-state index in [1.54, 1.807) is 0 Å². The summed E-state index contributed by atoms with van der Waals surface area (Å²) >= 11 is 0. The summed E-state index contributed by atoms with van der Waals surface area (Å²) in [6.45, 7) is 0. The van der Waals surface area contributed by atoms with Gasteiger partial charge < -0.3 is 14.0 Å². The lowest BCUT2D eigenvalue weighted by atomic mass is 10.3. The summed E-state index contributed by atoms with van der Waals surface area (Å²) in [6, 6.07) is 11.7. The van der Waals surface area contributed by atoms with Crippen molar-refractivity contribution in [3.8, 4) is 11.5 Å². The van der Waals surface area contributed by atoms with E-state index in [2.05, 4.69) is 0 Å². The van der Waals surface area contributed by atoms with E-state index in [1.165, 1.54) is 62.8 Å². The van der Waals surface area contributed by atoms with Crippen LogP contribution in [0.5, 0.6) is 11.5 Å². The van der Waals surface area contributed by atoms with Crippen LogP contribution in [0, 0.1) is 0 Å². The number of ether oxygens (including phenoxy) is 2. The standard InChI is InChI=1S/C15H15F2O3P/c1-19-11-3-7-13(8-4-11)21(18,15(16)17)14-9-5-12(20-2)6-10-14/h3-10,15H,1-2H3. The molecular weight excluding hydrogens is 297 g/mol. The number of alkyl halides is 2. The van der Waals surface area contributed by atoms with Gasteiger partial charge in [0.25, 0.3) is 6.17 Å². The quantitative estimate of drug-likeness (QED) is 0.795. The molecule has 2 aromatic carbocycles. The van der Waals surface area contributed by atoms with E-state index in [-0.39, 0.29) is 10.6 Å². The normalized spacial score (nSPS) is 11.5. The first-order valence-corrected chi connectivity index (χ1v) is 7.97. The van der Waals surface area contributed by atoms with E-state index in [9.17, 15) is 13.3 Å². The topological polar surface area (TPSA) is 35.5 Å². The van der Waals surface area contributed by atoms with E-state index in [4.69, 9.17) is 9.47 Å². The number of benzene rings is 2. The molecule has 0 N–H and O–H groups in total. The zero-order valence-electron chi connectivity index (χ0n) is 11.6. The molecule has 0 unspecified atom stereocenters. The second-order valence-corrected chi connectivity index (χ2v) is 7.07. The van der Waals surface area contributed by atoms with E-state index in [1.807, 2.05) is 0 Å². The van der Waals surface area contributed by atoms with Crippen LogP contribution >= 0.6 is 7.14 Å². The molecule has 0 atom stereocenters. The molecule has 0 amide bonds. The zero-order chi connectivity index (χ0) is 15.5. The van der Waals surface area contributed by atoms with E-state index in [0.717, 1.165) is 0 Å². The maximum absolute atomic E-state index is 13.5. The molecule has 0 heterocycles. The van der Waals surface area contributed by atoms with Crippen LogP contribution in [-0.2, 0) is 4.57 Å². The molecule has 3 nitrogen and oxygen atoms in total. The fraction of sp³-hybridized carbons (Fsp3) is 0.200. The van der Waals surface area contributed by atoms with E-state index in [0.29, 0.717) is 11.5 Å². The summed E-state index contributed by atoms with van der Waals surface area (Å²) in [5.41, 5.74) is 0. The predicted molar refractivity (Wildman–Crippen MR) is 78.9 cm³/mol. The number of rotatable bonds is 5. The van der Waals surface area contributed by atoms with Gasteiger partial charge >= 0.3 is 0 Å². The molecule has 0 saturated carbocycles. The minimum absolute atomic E-state index is 0.100. The molecule has 0 fully saturated rings. The van der Waals surface area contributed by atoms with Crippen molar-refractivity contribution < 1.29 is 22.8 Å². The number of halogens is 2. The summed E-state index contributed by atoms with van der Waals surface area (Å²) in [5, 5.41) is 0.201. The molecule has 2 aromatic rings. The molecule has 0 aliphatic rings. The minimum atomic E-state index is -4.00. The van der Waals surface area contributed by atoms with Crippen LogP contribution in [0.3, 0.4) is 0 Å². The third kappa shape index (κ3) is 2.93. The molecule has 6 heteroatoms. The van der Waals surface area contributed by atoms with Crippen LogP contribution < -0.4 is 20.1 Å². The molecule has 0 saturated heterocycles. The molecule has 0 aliphatic carbocycles. The predicted octanol–water partition coefficient (Wildman–Crippen LogP) is 3.24. The third-order valence-corrected chi connectivity index (χ3v) is 5.87. The van der Waals surface area contributed by atoms with Crippen LogP contribution in [0.15, 0.2) is 48.5 Å². The van der Waals surface area contributed by atoms with Gasteiger partial charge in [0.15, 0.2) is 0 Å². The molecule has 0 aliphatic heterocycles. The summed E-state index contributed by atoms with van der Waals surface area (Å²) < 4.78 is 49.8. The Balaban J connectivity index is 2.50. The van der Waals surface area contributed by atoms with Crippen molar-refractivity contribution >= 4 is 17.8 Å². The summed E-state index contributed by atoms with van der Waals surface area (Å²) in [5.74, 6) is 1.04. The van der Waals surface area contributed by atoms with Crippen molar-refractivity contribution in [2.24, 2.45) is 0 Å². The lowest BCUT2D eigenvalue weighted by molar-refractivity contribution is 0.237. The maximum Gasteiger partial charge on any atom is 0.296 e. The summed E-state index contributed by atoms with van der Waals surface area (Å²) in [4.78, 5) is 0. The van der Waals surface area contributed by atoms with Gasteiger partial charge in [-0.25, -0.2) is 8.78 Å². The molecule has 112 valence electrons. The molecule has 21 heavy (non-hydrogen) atoms. The number of hydrogen-bond acceptors (Lipinski definition) is 3. The van der Waals surface area contributed by atoms with Gasteiger partial charge in [-0.1, -0.05) is 0 Å². The van der Waals surface area contributed by atoms with Crippen LogP contribution in [0.4, 0.5) is 8.78 Å². The smallest absolute Gasteiger partial charge is 0.296 e. The van der Waals surface area contributed by atoms with Crippen molar-refractivity contribution in [3.05, 3.63) is 48.5 Å². The number of hydrogen-bond donors (Lipinski definition) is 0. The van der Waals surface area contributed by atoms with E-state index >= 15 is 0 Å². The Morgan fingerprint density at radius 2 is 1.14 bits per heavy atom. The Bertz CT molecular complexity index is 587. The lowest BCUT2D eigenvalue weighted by Gasteiger charge is -2.18. The Kier molecular flexibility index (Phi) is 4.63. The maximum atomic E-state index is 13.5. The van der Waals surface area contributed by atoms with Crippen molar-refractivity contribution in [1.82, 2.24) is 0 Å². The van der Waals surface area contributed by atoms with Gasteiger partial charge in [-0.2, -0.15) is 0 Å². The van der Waals surface area contributed by atoms with Gasteiger partial charge in [-0.3, -0.25) is 0 Å². The highest BCUT2D eigenvalue weighted by atomic mass is 31.2. The van der Waals surface area contributed by atoms with Gasteiger partial charge in [0.1, 0.15) is 11.5 Å². The highest BCUT2D eigenvalue weighted by Gasteiger charge is 2.37. The second-order valence-electron chi connectivity index (χ2n) is 4.33. The Hall–Kier alpha value is -1.87. The van der Waals surface area contributed by atoms with Gasteiger partial charge in [-0.15, -0.1) is 0 Å². The largest absolute Gasteiger partial charge is 0.497 e. The summed E-state index contributed by atoms with van der Waals surface area (Å²) in [6.07, 6.45) is -2.97. The zero-order valence-corrected chi connectivity index (χ0v) is 12.5. The number of methoxy groups -OCH3 is 2. The molecular formula is C15H15F2O3P. The Morgan fingerprint density at radius 3 is 1.38 bits per heavy atom. The monoisotopic (exact) mass is 312 g/mol. The first kappa shape index (κ1) is 15.5. The van der Waals surface area contributed by atoms with Crippen molar-refractivity contribution in [2.45, 2.75) is 6.17 Å². The Morgan fingerprint density at radius 1 is 0.810 bits per heavy atom. The van der Waals surface area contributed by atoms with Crippen molar-refractivity contribution in [3.63, 3.8) is 0 Å². The van der Waals surface area contributed by atoms with Gasteiger partial charge in [0.05, 0.1) is 14.2 Å². The first-order chi connectivity index (χ1) is 10.0. The van der Waals surface area contributed by atoms with Crippen molar-refractivity contribution in [1.29, 1.82) is 0 Å². The van der Waals surface area contributed by atoms with Gasteiger partial charge in [-0.05, 0) is 48.5 Å². The molecule has 0 bridgehead atoms. The van der Waals surface area contributed by atoms with E-state index < -0.39 is 13.3 Å². The molecule has 2 rings (SSSR count). The van der Waals surface area contributed by atoms with Gasteiger partial charge in [0, 0.05) is 10.6 Å². The Labute approximate surface area is 121 Å². The fourth-order valence-corrected chi connectivity index (χ4v) is 3.91. The molecule has 0 aromatic heterocycles. The highest BCUT2D eigenvalue weighted by molar-refractivity contribution is 7.79. The molecule has 0 radical (unpaired) electrons. The van der Waals surface area contributed by atoms with Crippen LogP contribution in [0.25, 0.3) is 0 Å². The fourth-order valence-electron chi connectivity index (χ4n) is 1.98. The SMILES string of the molecule is COc1ccc(P(=O)(c2ccc(OC)cc2)C(F)F)cc1. The van der Waals surface area contributed by atoms with Crippen molar-refractivity contribution in [2.75, 3.05) is 14.2 Å². The third-order valence-electron chi connectivity index (χ3n) is 3.19. The average Bonchev–Trinajstić information content (AvgIpc) is 2.54. The van der Waals surface area contributed by atoms with Crippen LogP contribution in [0.1, 0.15) is 0 Å². The van der Waals surface area contributed by atoms with Crippen LogP contribution in [0.2, 0.25) is 0 Å². The van der Waals surface area contributed by atoms with Crippen LogP contribution in [-0.4, -0.2) is 20.4 Å². The lowest BCUT2D eigenvalue weighted by Crippen LogP contribution is -2.21. The summed E-state index contributed by atoms with van der Waals surface area (Å²) in [7, 11) is -1.05. The molecule has 0 spiro atoms. The van der Waals surface area contributed by atoms with Gasteiger partial charge in [0.2, 0.25) is 7.14 Å².